The Balaban J connectivity index is 0.000000519. The molecule has 0 bridgehead atoms. The van der Waals surface area contributed by atoms with Crippen LogP contribution in [0.15, 0.2) is 47.7 Å². The number of carboxylic acids is 1. The zero-order chi connectivity index (χ0) is 33.7. The van der Waals surface area contributed by atoms with Crippen molar-refractivity contribution in [1.82, 2.24) is 34.9 Å². The van der Waals surface area contributed by atoms with E-state index in [0.717, 1.165) is 43.2 Å². The van der Waals surface area contributed by atoms with Crippen molar-refractivity contribution < 1.29 is 37.3 Å². The number of hydrogen-bond acceptors (Lipinski definition) is 12. The third-order valence-electron chi connectivity index (χ3n) is 7.25. The van der Waals surface area contributed by atoms with Crippen LogP contribution in [0.2, 0.25) is 0 Å². The molecule has 2 saturated heterocycles. The van der Waals surface area contributed by atoms with Crippen LogP contribution in [0.1, 0.15) is 17.0 Å². The number of alkyl halides is 3. The van der Waals surface area contributed by atoms with Crippen molar-refractivity contribution in [3.8, 4) is 11.8 Å². The van der Waals surface area contributed by atoms with Gasteiger partial charge in [-0.15, -0.1) is 22.7 Å². The van der Waals surface area contributed by atoms with Gasteiger partial charge in [0.05, 0.1) is 63.8 Å². The standard InChI is InChI=1S/C28H26N8O3S2.C2HF3O2/c37-28(35-5-7-38-8-6-35)39-22-10-19(29-13-22)1-3-23-11-24-26(41-23)27(31-16-30-24)34-20-2-4-25-18(9-20)12-33-36(25)14-21-15-40-17-32-21;3-2(4,5)1(6)7/h2,4,9,11-12,15-17,19,22,29H,5-8,10,13-14H2,(H,30,31,34);(H,6,7)/t19-,22-;/m1./s1. The lowest BCUT2D eigenvalue weighted by Gasteiger charge is -2.27. The number of halogens is 3. The van der Waals surface area contributed by atoms with Gasteiger partial charge in [-0.05, 0) is 24.3 Å². The Morgan fingerprint density at radius 1 is 1.19 bits per heavy atom. The Kier molecular flexibility index (Phi) is 10.0. The lowest BCUT2D eigenvalue weighted by Crippen LogP contribution is -2.42. The van der Waals surface area contributed by atoms with E-state index in [2.05, 4.69) is 54.7 Å². The highest BCUT2D eigenvalue weighted by Crippen LogP contribution is 2.31. The molecule has 48 heavy (non-hydrogen) atoms. The number of carbonyl (C=O) groups is 2. The maximum absolute atomic E-state index is 12.4. The van der Waals surface area contributed by atoms with Gasteiger partial charge in [0.25, 0.3) is 0 Å². The molecule has 4 aromatic heterocycles. The Morgan fingerprint density at radius 3 is 2.75 bits per heavy atom. The molecule has 0 saturated carbocycles. The highest BCUT2D eigenvalue weighted by atomic mass is 32.1. The van der Waals surface area contributed by atoms with Crippen LogP contribution in [0.3, 0.4) is 0 Å². The van der Waals surface area contributed by atoms with Gasteiger partial charge in [-0.25, -0.2) is 24.5 Å². The zero-order valence-electron chi connectivity index (χ0n) is 24.9. The van der Waals surface area contributed by atoms with Gasteiger partial charge in [0, 0.05) is 42.5 Å². The number of amides is 1. The fourth-order valence-electron chi connectivity index (χ4n) is 4.93. The summed E-state index contributed by atoms with van der Waals surface area (Å²) in [6.07, 6.45) is -1.47. The summed E-state index contributed by atoms with van der Waals surface area (Å²) < 4.78 is 45.6. The van der Waals surface area contributed by atoms with E-state index < -0.39 is 12.1 Å². The van der Waals surface area contributed by atoms with Crippen molar-refractivity contribution in [2.45, 2.75) is 31.3 Å². The first-order valence-electron chi connectivity index (χ1n) is 14.5. The minimum Gasteiger partial charge on any atom is -0.475 e. The second-order valence-electron chi connectivity index (χ2n) is 10.6. The largest absolute Gasteiger partial charge is 0.490 e. The number of nitrogens with zero attached hydrogens (tertiary/aromatic N) is 6. The molecule has 7 rings (SSSR count). The molecule has 0 spiro atoms. The summed E-state index contributed by atoms with van der Waals surface area (Å²) in [5, 5.41) is 21.5. The van der Waals surface area contributed by atoms with Gasteiger partial charge in [-0.3, -0.25) is 10.00 Å². The molecule has 250 valence electrons. The van der Waals surface area contributed by atoms with Crippen LogP contribution >= 0.6 is 22.7 Å². The average Bonchev–Trinajstić information content (AvgIpc) is 3.89. The number of aliphatic carboxylic acids is 1. The van der Waals surface area contributed by atoms with E-state index >= 15 is 0 Å². The van der Waals surface area contributed by atoms with E-state index in [-0.39, 0.29) is 18.2 Å². The van der Waals surface area contributed by atoms with Crippen molar-refractivity contribution in [3.05, 3.63) is 58.3 Å². The molecule has 18 heteroatoms. The summed E-state index contributed by atoms with van der Waals surface area (Å²) in [4.78, 5) is 37.2. The van der Waals surface area contributed by atoms with Gasteiger partial charge in [-0.2, -0.15) is 18.3 Å². The number of hydrogen-bond donors (Lipinski definition) is 3. The second-order valence-corrected chi connectivity index (χ2v) is 12.4. The highest BCUT2D eigenvalue weighted by Gasteiger charge is 2.38. The van der Waals surface area contributed by atoms with Crippen LogP contribution in [0.5, 0.6) is 0 Å². The second kappa shape index (κ2) is 14.5. The molecule has 2 fully saturated rings. The van der Waals surface area contributed by atoms with E-state index in [4.69, 9.17) is 19.4 Å². The maximum atomic E-state index is 12.4. The zero-order valence-corrected chi connectivity index (χ0v) is 26.6. The van der Waals surface area contributed by atoms with Crippen LogP contribution < -0.4 is 10.6 Å². The number of aromatic nitrogens is 5. The molecule has 2 aliphatic rings. The average molecular weight is 701 g/mol. The molecule has 0 aliphatic carbocycles. The summed E-state index contributed by atoms with van der Waals surface area (Å²) in [6.45, 7) is 3.48. The van der Waals surface area contributed by atoms with Crippen molar-refractivity contribution in [2.24, 2.45) is 0 Å². The van der Waals surface area contributed by atoms with E-state index in [1.165, 1.54) is 0 Å². The van der Waals surface area contributed by atoms with E-state index in [1.54, 1.807) is 33.9 Å². The molecule has 5 aromatic rings. The Bertz CT molecular complexity index is 1970. The summed E-state index contributed by atoms with van der Waals surface area (Å²) in [5.74, 6) is 4.54. The first-order valence-corrected chi connectivity index (χ1v) is 16.3. The number of carboxylic acid groups (broad SMARTS) is 1. The van der Waals surface area contributed by atoms with Crippen molar-refractivity contribution in [3.63, 3.8) is 0 Å². The van der Waals surface area contributed by atoms with Crippen molar-refractivity contribution >= 4 is 67.4 Å². The van der Waals surface area contributed by atoms with Crippen LogP contribution in [0, 0.1) is 11.8 Å². The van der Waals surface area contributed by atoms with Gasteiger partial charge in [-0.1, -0.05) is 11.8 Å². The molecule has 13 nitrogen and oxygen atoms in total. The summed E-state index contributed by atoms with van der Waals surface area (Å²) in [6, 6.07) is 8.08. The number of rotatable bonds is 5. The Hall–Kier alpha value is -4.83. The monoisotopic (exact) mass is 700 g/mol. The van der Waals surface area contributed by atoms with Crippen LogP contribution in [0.4, 0.5) is 29.5 Å². The Morgan fingerprint density at radius 2 is 2.00 bits per heavy atom. The van der Waals surface area contributed by atoms with Crippen LogP contribution in [-0.4, -0.2) is 98.0 Å². The molecular formula is C30H27F3N8O5S2. The van der Waals surface area contributed by atoms with E-state index in [9.17, 15) is 18.0 Å². The topological polar surface area (TPSA) is 157 Å². The van der Waals surface area contributed by atoms with E-state index in [0.29, 0.717) is 45.8 Å². The molecule has 1 aromatic carbocycles. The molecule has 1 amide bonds. The first kappa shape index (κ1) is 33.1. The smallest absolute Gasteiger partial charge is 0.475 e. The quantitative estimate of drug-likeness (QED) is 0.222. The predicted molar refractivity (Wildman–Crippen MR) is 171 cm³/mol. The Labute approximate surface area is 278 Å². The minimum absolute atomic E-state index is 0.0467. The number of thiazole rings is 1. The van der Waals surface area contributed by atoms with Gasteiger partial charge in [0.1, 0.15) is 12.4 Å². The molecule has 6 heterocycles. The number of ether oxygens (including phenoxy) is 2. The predicted octanol–water partition coefficient (Wildman–Crippen LogP) is 4.47. The fourth-order valence-corrected chi connectivity index (χ4v) is 6.39. The molecule has 2 atom stereocenters. The summed E-state index contributed by atoms with van der Waals surface area (Å²) >= 11 is 3.13. The van der Waals surface area contributed by atoms with Crippen molar-refractivity contribution in [2.75, 3.05) is 38.2 Å². The van der Waals surface area contributed by atoms with Gasteiger partial charge >= 0.3 is 18.2 Å². The fraction of sp³-hybridized carbons (Fsp3) is 0.333. The van der Waals surface area contributed by atoms with Crippen molar-refractivity contribution in [1.29, 1.82) is 0 Å². The number of carbonyl (C=O) groups excluding carboxylic acids is 1. The molecule has 2 aliphatic heterocycles. The maximum Gasteiger partial charge on any atom is 0.490 e. The summed E-state index contributed by atoms with van der Waals surface area (Å²) in [7, 11) is 0. The lowest BCUT2D eigenvalue weighted by molar-refractivity contribution is -0.192. The third kappa shape index (κ3) is 8.17. The van der Waals surface area contributed by atoms with Crippen LogP contribution in [-0.2, 0) is 20.8 Å². The number of nitrogens with one attached hydrogen (secondary N) is 2. The summed E-state index contributed by atoms with van der Waals surface area (Å²) in [5.41, 5.74) is 5.63. The third-order valence-corrected chi connectivity index (χ3v) is 8.93. The number of thiophene rings is 1. The van der Waals surface area contributed by atoms with Gasteiger partial charge in [0.2, 0.25) is 0 Å². The number of morpholine rings is 1. The van der Waals surface area contributed by atoms with Crippen LogP contribution in [0.25, 0.3) is 21.1 Å². The first-order chi connectivity index (χ1) is 23.1. The van der Waals surface area contributed by atoms with Gasteiger partial charge in [0.15, 0.2) is 5.82 Å². The number of benzene rings is 1. The highest BCUT2D eigenvalue weighted by molar-refractivity contribution is 7.20. The number of fused-ring (bicyclic) bond motifs is 2. The van der Waals surface area contributed by atoms with E-state index in [1.807, 2.05) is 33.9 Å². The molecule has 3 N–H and O–H groups in total. The minimum atomic E-state index is -5.08. The SMILES string of the molecule is O=C(O)C(F)(F)F.O=C(O[C@H]1CN[C@H](C#Cc2cc3ncnc(Nc4ccc5c(cnn5Cc5cscn5)c4)c3s2)C1)N1CCOCC1. The normalized spacial score (nSPS) is 17.8. The number of anilines is 2. The molecule has 0 radical (unpaired) electrons. The molecular weight excluding hydrogens is 674 g/mol. The molecule has 0 unspecified atom stereocenters. The lowest BCUT2D eigenvalue weighted by atomic mass is 10.2. The van der Waals surface area contributed by atoms with Gasteiger partial charge < -0.3 is 24.8 Å².